The smallest absolute Gasteiger partial charge is 0.191 e. The molecule has 1 aliphatic heterocycles. The molecule has 2 N–H and O–H groups in total. The fourth-order valence-electron chi connectivity index (χ4n) is 3.38. The van der Waals surface area contributed by atoms with Gasteiger partial charge in [0.2, 0.25) is 0 Å². The monoisotopic (exact) mass is 379 g/mol. The molecule has 0 bridgehead atoms. The zero-order chi connectivity index (χ0) is 19.3. The van der Waals surface area contributed by atoms with E-state index in [1.54, 1.807) is 6.26 Å². The molecule has 0 spiro atoms. The number of morpholine rings is 1. The average Bonchev–Trinajstić information content (AvgIpc) is 3.23. The van der Waals surface area contributed by atoms with Crippen LogP contribution < -0.4 is 10.6 Å². The van der Waals surface area contributed by atoms with Gasteiger partial charge >= 0.3 is 0 Å². The zero-order valence-electron chi connectivity index (χ0n) is 17.2. The summed E-state index contributed by atoms with van der Waals surface area (Å²) in [5, 5.41) is 6.82. The molecular weight excluding hydrogens is 342 g/mol. The summed E-state index contributed by atoms with van der Waals surface area (Å²) >= 11 is 0. The Bertz CT molecular complexity index is 510. The van der Waals surface area contributed by atoms with Crippen LogP contribution in [0.3, 0.4) is 0 Å². The SMILES string of the molecule is CCNC(=NCC(c1ccco1)N(CC)CC)NCCCN1CCOCC1. The maximum absolute atomic E-state index is 5.67. The highest BCUT2D eigenvalue weighted by Gasteiger charge is 2.20. The maximum Gasteiger partial charge on any atom is 0.191 e. The highest BCUT2D eigenvalue weighted by molar-refractivity contribution is 5.79. The first-order valence-electron chi connectivity index (χ1n) is 10.4. The molecule has 1 unspecified atom stereocenters. The molecule has 0 saturated carbocycles. The van der Waals surface area contributed by atoms with E-state index in [-0.39, 0.29) is 6.04 Å². The predicted octanol–water partition coefficient (Wildman–Crippen LogP) is 1.94. The van der Waals surface area contributed by atoms with Crippen LogP contribution in [0.25, 0.3) is 0 Å². The van der Waals surface area contributed by atoms with Gasteiger partial charge in [-0.25, -0.2) is 0 Å². The van der Waals surface area contributed by atoms with Crippen molar-refractivity contribution < 1.29 is 9.15 Å². The van der Waals surface area contributed by atoms with Gasteiger partial charge in [0.25, 0.3) is 0 Å². The molecule has 0 aromatic carbocycles. The van der Waals surface area contributed by atoms with Crippen molar-refractivity contribution in [2.75, 3.05) is 65.6 Å². The van der Waals surface area contributed by atoms with E-state index >= 15 is 0 Å². The first-order chi connectivity index (χ1) is 13.3. The molecule has 1 aliphatic rings. The molecule has 2 heterocycles. The lowest BCUT2D eigenvalue weighted by atomic mass is 10.2. The van der Waals surface area contributed by atoms with Crippen LogP contribution in [-0.4, -0.2) is 81.3 Å². The van der Waals surface area contributed by atoms with Crippen LogP contribution in [0.5, 0.6) is 0 Å². The normalized spacial score (nSPS) is 17.3. The summed E-state index contributed by atoms with van der Waals surface area (Å²) in [5.74, 6) is 1.86. The van der Waals surface area contributed by atoms with E-state index in [1.807, 2.05) is 12.1 Å². The van der Waals surface area contributed by atoms with E-state index in [9.17, 15) is 0 Å². The molecule has 154 valence electrons. The van der Waals surface area contributed by atoms with Crippen molar-refractivity contribution in [3.63, 3.8) is 0 Å². The number of furan rings is 1. The first-order valence-corrected chi connectivity index (χ1v) is 10.4. The van der Waals surface area contributed by atoms with Gasteiger partial charge in [0, 0.05) is 26.2 Å². The van der Waals surface area contributed by atoms with Crippen molar-refractivity contribution in [2.45, 2.75) is 33.2 Å². The van der Waals surface area contributed by atoms with Crippen molar-refractivity contribution in [1.29, 1.82) is 0 Å². The predicted molar refractivity (Wildman–Crippen MR) is 110 cm³/mol. The average molecular weight is 380 g/mol. The van der Waals surface area contributed by atoms with Gasteiger partial charge in [0.05, 0.1) is 32.1 Å². The molecule has 1 saturated heterocycles. The fourth-order valence-corrected chi connectivity index (χ4v) is 3.38. The second kappa shape index (κ2) is 12.8. The van der Waals surface area contributed by atoms with Crippen LogP contribution in [0.1, 0.15) is 39.0 Å². The van der Waals surface area contributed by atoms with Crippen LogP contribution >= 0.6 is 0 Å². The molecule has 2 rings (SSSR count). The molecule has 0 radical (unpaired) electrons. The molecule has 0 aliphatic carbocycles. The number of likely N-dealkylation sites (N-methyl/N-ethyl adjacent to an activating group) is 1. The number of ether oxygens (including phenoxy) is 1. The molecule has 0 amide bonds. The Morgan fingerprint density at radius 3 is 2.63 bits per heavy atom. The van der Waals surface area contributed by atoms with E-state index in [4.69, 9.17) is 14.1 Å². The summed E-state index contributed by atoms with van der Waals surface area (Å²) in [7, 11) is 0. The molecule has 7 nitrogen and oxygen atoms in total. The van der Waals surface area contributed by atoms with E-state index in [0.717, 1.165) is 77.2 Å². The third-order valence-electron chi connectivity index (χ3n) is 4.94. The van der Waals surface area contributed by atoms with Gasteiger partial charge in [-0.3, -0.25) is 14.8 Å². The minimum atomic E-state index is 0.166. The molecular formula is C20H37N5O2. The Morgan fingerprint density at radius 1 is 1.22 bits per heavy atom. The third-order valence-corrected chi connectivity index (χ3v) is 4.94. The Labute approximate surface area is 164 Å². The maximum atomic E-state index is 5.67. The molecule has 1 atom stereocenters. The highest BCUT2D eigenvalue weighted by atomic mass is 16.5. The fraction of sp³-hybridized carbons (Fsp3) is 0.750. The van der Waals surface area contributed by atoms with Crippen LogP contribution in [0.4, 0.5) is 0 Å². The largest absolute Gasteiger partial charge is 0.468 e. The Hall–Kier alpha value is -1.57. The van der Waals surface area contributed by atoms with Crippen molar-refractivity contribution in [1.82, 2.24) is 20.4 Å². The van der Waals surface area contributed by atoms with Crippen molar-refractivity contribution in [3.05, 3.63) is 24.2 Å². The summed E-state index contributed by atoms with van der Waals surface area (Å²) < 4.78 is 11.1. The Kier molecular flexibility index (Phi) is 10.3. The van der Waals surface area contributed by atoms with E-state index in [2.05, 4.69) is 41.2 Å². The summed E-state index contributed by atoms with van der Waals surface area (Å²) in [5.41, 5.74) is 0. The van der Waals surface area contributed by atoms with Crippen molar-refractivity contribution in [3.8, 4) is 0 Å². The lowest BCUT2D eigenvalue weighted by molar-refractivity contribution is 0.0376. The second-order valence-corrected chi connectivity index (χ2v) is 6.71. The zero-order valence-corrected chi connectivity index (χ0v) is 17.2. The minimum Gasteiger partial charge on any atom is -0.468 e. The number of nitrogens with one attached hydrogen (secondary N) is 2. The summed E-state index contributed by atoms with van der Waals surface area (Å²) in [6, 6.07) is 4.16. The molecule has 1 fully saturated rings. The van der Waals surface area contributed by atoms with Crippen LogP contribution in [0.2, 0.25) is 0 Å². The number of aliphatic imine (C=N–C) groups is 1. The van der Waals surface area contributed by atoms with E-state index in [0.29, 0.717) is 6.54 Å². The number of rotatable bonds is 11. The minimum absolute atomic E-state index is 0.166. The van der Waals surface area contributed by atoms with E-state index in [1.165, 1.54) is 0 Å². The Balaban J connectivity index is 1.85. The molecule has 7 heteroatoms. The van der Waals surface area contributed by atoms with Gasteiger partial charge in [-0.05, 0) is 45.1 Å². The summed E-state index contributed by atoms with van der Waals surface area (Å²) in [6.45, 7) is 15.8. The number of hydrogen-bond donors (Lipinski definition) is 2. The first kappa shape index (κ1) is 21.7. The van der Waals surface area contributed by atoms with Crippen molar-refractivity contribution in [2.24, 2.45) is 4.99 Å². The quantitative estimate of drug-likeness (QED) is 0.348. The van der Waals surface area contributed by atoms with Crippen LogP contribution in [0, 0.1) is 0 Å². The van der Waals surface area contributed by atoms with Crippen LogP contribution in [-0.2, 0) is 4.74 Å². The number of hydrogen-bond acceptors (Lipinski definition) is 5. The van der Waals surface area contributed by atoms with Crippen molar-refractivity contribution >= 4 is 5.96 Å². The summed E-state index contributed by atoms with van der Waals surface area (Å²) in [6.07, 6.45) is 2.84. The summed E-state index contributed by atoms with van der Waals surface area (Å²) in [4.78, 5) is 9.67. The van der Waals surface area contributed by atoms with Gasteiger partial charge in [0.15, 0.2) is 5.96 Å². The topological polar surface area (TPSA) is 65.3 Å². The number of nitrogens with zero attached hydrogens (tertiary/aromatic N) is 3. The van der Waals surface area contributed by atoms with Crippen LogP contribution in [0.15, 0.2) is 27.8 Å². The standard InChI is InChI=1S/C20H37N5O2/c1-4-21-20(22-10-8-11-24-12-15-26-16-13-24)23-17-18(25(5-2)6-3)19-9-7-14-27-19/h7,9,14,18H,4-6,8,10-13,15-17H2,1-3H3,(H2,21,22,23). The van der Waals surface area contributed by atoms with Gasteiger partial charge in [-0.2, -0.15) is 0 Å². The van der Waals surface area contributed by atoms with Gasteiger partial charge in [-0.15, -0.1) is 0 Å². The van der Waals surface area contributed by atoms with Gasteiger partial charge < -0.3 is 19.8 Å². The Morgan fingerprint density at radius 2 is 2.00 bits per heavy atom. The molecule has 1 aromatic rings. The highest BCUT2D eigenvalue weighted by Crippen LogP contribution is 2.21. The lowest BCUT2D eigenvalue weighted by Crippen LogP contribution is -2.41. The van der Waals surface area contributed by atoms with E-state index < -0.39 is 0 Å². The molecule has 27 heavy (non-hydrogen) atoms. The molecule has 1 aromatic heterocycles. The second-order valence-electron chi connectivity index (χ2n) is 6.71. The number of guanidine groups is 1. The van der Waals surface area contributed by atoms with Gasteiger partial charge in [0.1, 0.15) is 5.76 Å². The third kappa shape index (κ3) is 7.52. The lowest BCUT2D eigenvalue weighted by Gasteiger charge is -2.27. The van der Waals surface area contributed by atoms with Gasteiger partial charge in [-0.1, -0.05) is 13.8 Å².